The van der Waals surface area contributed by atoms with E-state index in [-0.39, 0.29) is 41.5 Å². The van der Waals surface area contributed by atoms with Crippen LogP contribution in [0.25, 0.3) is 44.3 Å². The fraction of sp³-hybridized carbons (Fsp3) is 0.400. The minimum atomic E-state index is -0.384. The van der Waals surface area contributed by atoms with Gasteiger partial charge < -0.3 is 44.9 Å². The van der Waals surface area contributed by atoms with E-state index in [2.05, 4.69) is 77.2 Å². The Kier molecular flexibility index (Phi) is 18.6. The number of fused-ring (bicyclic) bond motifs is 2. The molecule has 20 nitrogen and oxygen atoms in total. The molecule has 4 aromatic heterocycles. The molecule has 8 aromatic rings. The summed E-state index contributed by atoms with van der Waals surface area (Å²) in [5, 5.41) is 54.4. The third kappa shape index (κ3) is 12.9. The molecule has 0 bridgehead atoms. The Hall–Kier alpha value is -7.81. The SMILES string of the molecule is CCn1nc2c(C)cc(N3CCN(CC(=O)N4CC(O)C4)CC3)cc2c1N(C)c1nc(-c2ccc(F)cc2)c(C#N)s1.CCn1nc2c(C)cc(N3CCNCC3)cc2c1N(C)c1nc(-c2ccc(F)cc2)c(C#N)s1.O=C(CCl)N1CC(O)C1. The Bertz CT molecular complexity index is 3790. The minimum absolute atomic E-state index is 0.0206. The molecule has 4 aromatic carbocycles. The highest BCUT2D eigenvalue weighted by Gasteiger charge is 2.32. The van der Waals surface area contributed by atoms with Crippen molar-refractivity contribution in [3.05, 3.63) is 105 Å². The molecule has 2 amide bonds. The summed E-state index contributed by atoms with van der Waals surface area (Å²) in [6.07, 6.45) is -0.706. The molecule has 4 saturated heterocycles. The molecule has 4 aliphatic rings. The maximum atomic E-state index is 13.5. The Morgan fingerprint density at radius 2 is 1.07 bits per heavy atom. The molecular weight excluding hydrogens is 1150 g/mol. The number of carbonyl (C=O) groups is 2. The molecule has 0 spiro atoms. The second kappa shape index (κ2) is 26.2. The first-order chi connectivity index (χ1) is 41.0. The van der Waals surface area contributed by atoms with Gasteiger partial charge in [-0.25, -0.2) is 28.1 Å². The Morgan fingerprint density at radius 1 is 0.659 bits per heavy atom. The number of alkyl halides is 1. The van der Waals surface area contributed by atoms with Crippen molar-refractivity contribution in [3.63, 3.8) is 0 Å². The highest BCUT2D eigenvalue weighted by atomic mass is 35.5. The second-order valence-corrected chi connectivity index (χ2v) is 23.6. The van der Waals surface area contributed by atoms with Gasteiger partial charge >= 0.3 is 0 Å². The number of hydrogen-bond acceptors (Lipinski definition) is 18. The molecule has 4 aliphatic heterocycles. The number of nitriles is 2. The highest BCUT2D eigenvalue weighted by molar-refractivity contribution is 7.17. The normalized spacial score (nSPS) is 15.6. The van der Waals surface area contributed by atoms with Gasteiger partial charge in [0, 0.05) is 139 Å². The standard InChI is InChI=1S/C30H33FN8O2S.C25H26FN7S.C5H8ClNO2/c1-4-39-29(35(3)30-33-28(25(15-32)42-30)20-5-7-21(31)8-6-20)24-14-22(13-19(2)27(24)34-39)37-11-9-36(10-12-37)18-26(41)38-16-23(40)17-38;1-4-33-24(20-14-19(13-16(2)22(20)30-33)32-11-9-28-10-12-32)31(3)25-29-23(21(15-27)34-25)17-5-7-18(26)8-6-17;6-1-5(9)7-2-4(8)3-7/h5-8,13-14,23,40H,4,9-12,16-18H2,1-3H3;5-8,13-14,28H,4,9-12H2,1-3H3;4,8H,1-3H2. The fourth-order valence-corrected chi connectivity index (χ4v) is 12.7. The zero-order valence-corrected chi connectivity index (χ0v) is 50.7. The van der Waals surface area contributed by atoms with E-state index in [0.717, 1.165) is 108 Å². The lowest BCUT2D eigenvalue weighted by Gasteiger charge is -2.39. The van der Waals surface area contributed by atoms with Gasteiger partial charge in [-0.2, -0.15) is 20.7 Å². The molecule has 0 unspecified atom stereocenters. The lowest BCUT2D eigenvalue weighted by atomic mass is 10.1. The number of piperazine rings is 2. The van der Waals surface area contributed by atoms with Crippen LogP contribution in [-0.4, -0.2) is 184 Å². The van der Waals surface area contributed by atoms with E-state index in [4.69, 9.17) is 36.9 Å². The Labute approximate surface area is 504 Å². The predicted molar refractivity (Wildman–Crippen MR) is 330 cm³/mol. The number of likely N-dealkylation sites (tertiary alicyclic amines) is 2. The van der Waals surface area contributed by atoms with Crippen LogP contribution in [0.1, 0.15) is 34.7 Å². The van der Waals surface area contributed by atoms with Crippen LogP contribution in [0.3, 0.4) is 0 Å². The Morgan fingerprint density at radius 3 is 1.46 bits per heavy atom. The summed E-state index contributed by atoms with van der Waals surface area (Å²) in [4.78, 5) is 47.8. The van der Waals surface area contributed by atoms with Gasteiger partial charge in [0.1, 0.15) is 62.4 Å². The summed E-state index contributed by atoms with van der Waals surface area (Å²) < 4.78 is 30.9. The maximum absolute atomic E-state index is 13.5. The fourth-order valence-electron chi connectivity index (χ4n) is 10.9. The molecule has 25 heteroatoms. The van der Waals surface area contributed by atoms with Crippen LogP contribution in [0.2, 0.25) is 0 Å². The van der Waals surface area contributed by atoms with E-state index < -0.39 is 0 Å². The summed E-state index contributed by atoms with van der Waals surface area (Å²) in [6.45, 7) is 18.9. The van der Waals surface area contributed by atoms with Crippen molar-refractivity contribution in [3.8, 4) is 34.7 Å². The largest absolute Gasteiger partial charge is 0.389 e. The molecule has 0 aliphatic carbocycles. The van der Waals surface area contributed by atoms with Crippen LogP contribution in [0.15, 0.2) is 72.8 Å². The monoisotopic (exact) mass is 1210 g/mol. The van der Waals surface area contributed by atoms with E-state index >= 15 is 0 Å². The van der Waals surface area contributed by atoms with Crippen molar-refractivity contribution in [1.82, 2.24) is 49.5 Å². The highest BCUT2D eigenvalue weighted by Crippen LogP contribution is 2.42. The van der Waals surface area contributed by atoms with Gasteiger partial charge in [0.15, 0.2) is 10.3 Å². The van der Waals surface area contributed by atoms with Crippen molar-refractivity contribution >= 4 is 101 Å². The summed E-state index contributed by atoms with van der Waals surface area (Å²) in [5.74, 6) is 1.19. The number of nitrogens with zero attached hydrogens (tertiary/aromatic N) is 15. The van der Waals surface area contributed by atoms with Crippen LogP contribution in [0, 0.1) is 48.1 Å². The van der Waals surface area contributed by atoms with Crippen LogP contribution in [0.4, 0.5) is 42.1 Å². The number of hydrogen-bond donors (Lipinski definition) is 3. The van der Waals surface area contributed by atoms with Crippen molar-refractivity contribution < 1.29 is 28.6 Å². The third-order valence-corrected chi connectivity index (χ3v) is 17.9. The van der Waals surface area contributed by atoms with Crippen molar-refractivity contribution in [2.45, 2.75) is 53.0 Å². The van der Waals surface area contributed by atoms with Gasteiger partial charge in [0.05, 0.1) is 29.8 Å². The third-order valence-electron chi connectivity index (χ3n) is 15.6. The number of thiazole rings is 2. The van der Waals surface area contributed by atoms with Crippen LogP contribution >= 0.6 is 34.3 Å². The van der Waals surface area contributed by atoms with Crippen molar-refractivity contribution in [1.29, 1.82) is 10.5 Å². The zero-order valence-electron chi connectivity index (χ0n) is 48.3. The molecule has 12 rings (SSSR count). The molecule has 0 radical (unpaired) electrons. The second-order valence-electron chi connectivity index (χ2n) is 21.3. The summed E-state index contributed by atoms with van der Waals surface area (Å²) >= 11 is 7.86. The number of nitrogens with one attached hydrogen (secondary N) is 1. The lowest BCUT2D eigenvalue weighted by molar-refractivity contribution is -0.142. The molecule has 85 heavy (non-hydrogen) atoms. The van der Waals surface area contributed by atoms with Gasteiger partial charge in [-0.3, -0.25) is 14.5 Å². The predicted octanol–water partition coefficient (Wildman–Crippen LogP) is 7.70. The van der Waals surface area contributed by atoms with Gasteiger partial charge in [-0.1, -0.05) is 22.7 Å². The maximum Gasteiger partial charge on any atom is 0.237 e. The van der Waals surface area contributed by atoms with E-state index in [1.807, 2.05) is 40.2 Å². The topological polar surface area (TPSA) is 218 Å². The first kappa shape index (κ1) is 60.3. The number of carbonyl (C=O) groups excluding carboxylic acids is 2. The van der Waals surface area contributed by atoms with Gasteiger partial charge in [-0.15, -0.1) is 11.6 Å². The number of aryl methyl sites for hydroxylation is 4. The van der Waals surface area contributed by atoms with Crippen LogP contribution in [-0.2, 0) is 22.7 Å². The number of benzene rings is 4. The first-order valence-corrected chi connectivity index (χ1v) is 30.4. The summed E-state index contributed by atoms with van der Waals surface area (Å²) in [6, 6.07) is 25.4. The molecule has 444 valence electrons. The number of halogens is 3. The van der Waals surface area contributed by atoms with E-state index in [9.17, 15) is 34.0 Å². The molecule has 8 heterocycles. The smallest absolute Gasteiger partial charge is 0.237 e. The number of aliphatic hydroxyl groups excluding tert-OH is 2. The van der Waals surface area contributed by atoms with Crippen molar-refractivity contribution in [2.75, 3.05) is 125 Å². The van der Waals surface area contributed by atoms with E-state index in [0.29, 0.717) is 82.8 Å². The molecule has 4 fully saturated rings. The van der Waals surface area contributed by atoms with Crippen LogP contribution in [0.5, 0.6) is 0 Å². The number of anilines is 6. The van der Waals surface area contributed by atoms with Gasteiger partial charge in [0.25, 0.3) is 0 Å². The van der Waals surface area contributed by atoms with E-state index in [1.54, 1.807) is 29.2 Å². The summed E-state index contributed by atoms with van der Waals surface area (Å²) in [5.41, 5.74) is 8.91. The average Bonchev–Trinajstić information content (AvgIpc) is 1.99. The molecule has 0 saturated carbocycles. The average molecular weight is 1210 g/mol. The lowest BCUT2D eigenvalue weighted by Crippen LogP contribution is -2.57. The van der Waals surface area contributed by atoms with Gasteiger partial charge in [0.2, 0.25) is 11.8 Å². The van der Waals surface area contributed by atoms with Crippen LogP contribution < -0.4 is 24.9 Å². The number of aromatic nitrogens is 6. The van der Waals surface area contributed by atoms with E-state index in [1.165, 1.54) is 57.5 Å². The number of aliphatic hydroxyl groups is 2. The number of rotatable bonds is 13. The quantitative estimate of drug-likeness (QED) is 0.0943. The first-order valence-electron chi connectivity index (χ1n) is 28.2. The van der Waals surface area contributed by atoms with Crippen molar-refractivity contribution in [2.24, 2.45) is 0 Å². The molecule has 0 atom stereocenters. The number of amides is 2. The van der Waals surface area contributed by atoms with Gasteiger partial charge in [-0.05, 0) is 112 Å². The minimum Gasteiger partial charge on any atom is -0.389 e. The summed E-state index contributed by atoms with van der Waals surface area (Å²) in [7, 11) is 3.90. The zero-order chi connectivity index (χ0) is 60.2. The molecule has 3 N–H and O–H groups in total. The Balaban J connectivity index is 0.000000167. The number of β-amino-alcohol motifs (C(OH)–C–C–N with tert-alkyl or cyclic N) is 2. The molecular formula is C60H67ClF2N16O4S2.